The van der Waals surface area contributed by atoms with Gasteiger partial charge in [0, 0.05) is 32.6 Å². The number of nitriles is 1. The fourth-order valence-electron chi connectivity index (χ4n) is 3.69. The molecular formula is C23H22F3N3O4. The first-order valence-electron chi connectivity index (χ1n) is 10.2. The van der Waals surface area contributed by atoms with E-state index in [0.29, 0.717) is 16.7 Å². The largest absolute Gasteiger partial charge is 0.465 e. The second kappa shape index (κ2) is 9.92. The first-order chi connectivity index (χ1) is 15.6. The van der Waals surface area contributed by atoms with Crippen molar-refractivity contribution in [2.75, 3.05) is 19.8 Å². The third-order valence-corrected chi connectivity index (χ3v) is 5.61. The number of alkyl halides is 3. The van der Waals surface area contributed by atoms with Gasteiger partial charge in [0.15, 0.2) is 0 Å². The van der Waals surface area contributed by atoms with Crippen molar-refractivity contribution in [3.05, 3.63) is 59.7 Å². The van der Waals surface area contributed by atoms with Crippen LogP contribution in [0.5, 0.6) is 0 Å². The lowest BCUT2D eigenvalue weighted by Crippen LogP contribution is -2.61. The maximum absolute atomic E-state index is 12.8. The minimum atomic E-state index is -4.41. The number of hydrogen-bond donors (Lipinski definition) is 3. The molecule has 10 heteroatoms. The van der Waals surface area contributed by atoms with E-state index < -0.39 is 35.2 Å². The molecule has 3 rings (SSSR count). The molecule has 2 amide bonds. The fraction of sp³-hybridized carbons (Fsp3) is 0.348. The van der Waals surface area contributed by atoms with Gasteiger partial charge >= 0.3 is 12.3 Å². The molecule has 1 saturated heterocycles. The third-order valence-electron chi connectivity index (χ3n) is 5.61. The molecule has 2 aromatic rings. The highest BCUT2D eigenvalue weighted by Gasteiger charge is 2.41. The van der Waals surface area contributed by atoms with Crippen molar-refractivity contribution >= 4 is 12.0 Å². The van der Waals surface area contributed by atoms with Gasteiger partial charge in [-0.15, -0.1) is 0 Å². The monoisotopic (exact) mass is 461 g/mol. The van der Waals surface area contributed by atoms with E-state index >= 15 is 0 Å². The number of carboxylic acid groups (broad SMARTS) is 1. The molecule has 3 N–H and O–H groups in total. The molecule has 0 aliphatic carbocycles. The maximum atomic E-state index is 12.8. The summed E-state index contributed by atoms with van der Waals surface area (Å²) in [6.07, 6.45) is -5.35. The summed E-state index contributed by atoms with van der Waals surface area (Å²) in [5.41, 5.74) is -0.155. The molecule has 0 radical (unpaired) electrons. The van der Waals surface area contributed by atoms with E-state index in [4.69, 9.17) is 9.84 Å². The quantitative estimate of drug-likeness (QED) is 0.604. The zero-order valence-corrected chi connectivity index (χ0v) is 17.5. The SMILES string of the molecule is N#CC(CNC(=O)C1(NC(=O)O)CCOCC1)c1ccc(-c2ccc(C(F)(F)F)cc2)cc1. The van der Waals surface area contributed by atoms with E-state index in [1.807, 2.05) is 0 Å². The van der Waals surface area contributed by atoms with Crippen LogP contribution in [-0.2, 0) is 15.7 Å². The molecule has 0 saturated carbocycles. The summed E-state index contributed by atoms with van der Waals surface area (Å²) >= 11 is 0. The smallest absolute Gasteiger partial charge is 0.416 e. The van der Waals surface area contributed by atoms with Gasteiger partial charge in [-0.3, -0.25) is 4.79 Å². The van der Waals surface area contributed by atoms with Crippen LogP contribution < -0.4 is 10.6 Å². The predicted octanol–water partition coefficient (Wildman–Crippen LogP) is 3.91. The number of ether oxygens (including phenoxy) is 1. The van der Waals surface area contributed by atoms with Gasteiger partial charge < -0.3 is 20.5 Å². The average Bonchev–Trinajstić information content (AvgIpc) is 2.79. The Hall–Kier alpha value is -3.58. The Labute approximate surface area is 188 Å². The lowest BCUT2D eigenvalue weighted by atomic mass is 9.88. The zero-order chi connectivity index (χ0) is 24.1. The lowest BCUT2D eigenvalue weighted by Gasteiger charge is -2.35. The maximum Gasteiger partial charge on any atom is 0.416 e. The van der Waals surface area contributed by atoms with Crippen LogP contribution in [0.4, 0.5) is 18.0 Å². The first-order valence-corrected chi connectivity index (χ1v) is 10.2. The number of nitrogens with zero attached hydrogens (tertiary/aromatic N) is 1. The first kappa shape index (κ1) is 24.1. The van der Waals surface area contributed by atoms with Gasteiger partial charge in [-0.25, -0.2) is 4.79 Å². The van der Waals surface area contributed by atoms with E-state index in [0.717, 1.165) is 12.1 Å². The molecule has 2 aromatic carbocycles. The molecule has 174 valence electrons. The summed E-state index contributed by atoms with van der Waals surface area (Å²) in [5, 5.41) is 23.6. The van der Waals surface area contributed by atoms with Crippen molar-refractivity contribution < 1.29 is 32.6 Å². The number of rotatable bonds is 6. The van der Waals surface area contributed by atoms with E-state index in [9.17, 15) is 28.0 Å². The molecule has 1 heterocycles. The fourth-order valence-corrected chi connectivity index (χ4v) is 3.69. The van der Waals surface area contributed by atoms with E-state index in [1.54, 1.807) is 24.3 Å². The van der Waals surface area contributed by atoms with Crippen molar-refractivity contribution in [2.24, 2.45) is 0 Å². The van der Waals surface area contributed by atoms with E-state index in [2.05, 4.69) is 16.7 Å². The Morgan fingerprint density at radius 1 is 1.06 bits per heavy atom. The minimum Gasteiger partial charge on any atom is -0.465 e. The normalized spacial score (nSPS) is 16.3. The molecule has 1 atom stereocenters. The van der Waals surface area contributed by atoms with Crippen molar-refractivity contribution in [2.45, 2.75) is 30.5 Å². The average molecular weight is 461 g/mol. The lowest BCUT2D eigenvalue weighted by molar-refractivity contribution is -0.137. The van der Waals surface area contributed by atoms with Gasteiger partial charge in [-0.1, -0.05) is 36.4 Å². The number of benzene rings is 2. The Morgan fingerprint density at radius 2 is 1.61 bits per heavy atom. The highest BCUT2D eigenvalue weighted by atomic mass is 19.4. The van der Waals surface area contributed by atoms with Crippen molar-refractivity contribution in [3.8, 4) is 17.2 Å². The van der Waals surface area contributed by atoms with Crippen LogP contribution in [0.15, 0.2) is 48.5 Å². The van der Waals surface area contributed by atoms with Crippen LogP contribution in [-0.4, -0.2) is 42.4 Å². The standard InChI is InChI=1S/C23H22F3N3O4/c24-23(25,26)19-7-5-16(6-8-19)15-1-3-17(4-2-15)18(13-27)14-28-20(30)22(29-21(31)32)9-11-33-12-10-22/h1-8,18,29H,9-12,14H2,(H,28,30)(H,31,32). The van der Waals surface area contributed by atoms with Gasteiger partial charge in [0.2, 0.25) is 5.91 Å². The van der Waals surface area contributed by atoms with Crippen molar-refractivity contribution in [3.63, 3.8) is 0 Å². The number of nitrogens with one attached hydrogen (secondary N) is 2. The summed E-state index contributed by atoms with van der Waals surface area (Å²) in [5.74, 6) is -1.22. The van der Waals surface area contributed by atoms with Gasteiger partial charge in [0.25, 0.3) is 0 Å². The molecule has 33 heavy (non-hydrogen) atoms. The summed E-state index contributed by atoms with van der Waals surface area (Å²) in [6.45, 7) is 0.445. The van der Waals surface area contributed by atoms with Crippen LogP contribution in [0, 0.1) is 11.3 Å². The Bertz CT molecular complexity index is 1020. The highest BCUT2D eigenvalue weighted by Crippen LogP contribution is 2.31. The second-order valence-corrected chi connectivity index (χ2v) is 7.71. The number of halogens is 3. The molecular weight excluding hydrogens is 439 g/mol. The Kier molecular flexibility index (Phi) is 7.23. The number of carbonyl (C=O) groups excluding carboxylic acids is 1. The van der Waals surface area contributed by atoms with Crippen LogP contribution in [0.2, 0.25) is 0 Å². The number of carbonyl (C=O) groups is 2. The van der Waals surface area contributed by atoms with Crippen molar-refractivity contribution in [1.29, 1.82) is 5.26 Å². The summed E-state index contributed by atoms with van der Waals surface area (Å²) in [4.78, 5) is 23.9. The van der Waals surface area contributed by atoms with Crippen LogP contribution in [0.3, 0.4) is 0 Å². The van der Waals surface area contributed by atoms with Gasteiger partial charge in [0.05, 0.1) is 17.6 Å². The van der Waals surface area contributed by atoms with E-state index in [1.165, 1.54) is 12.1 Å². The minimum absolute atomic E-state index is 0.0289. The van der Waals surface area contributed by atoms with Gasteiger partial charge in [0.1, 0.15) is 5.54 Å². The molecule has 0 spiro atoms. The zero-order valence-electron chi connectivity index (χ0n) is 17.5. The number of amides is 2. The highest BCUT2D eigenvalue weighted by molar-refractivity contribution is 5.89. The van der Waals surface area contributed by atoms with Crippen LogP contribution >= 0.6 is 0 Å². The Morgan fingerprint density at radius 3 is 2.09 bits per heavy atom. The summed E-state index contributed by atoms with van der Waals surface area (Å²) in [6, 6.07) is 13.6. The molecule has 0 aromatic heterocycles. The second-order valence-electron chi connectivity index (χ2n) is 7.71. The van der Waals surface area contributed by atoms with Crippen molar-refractivity contribution in [1.82, 2.24) is 10.6 Å². The van der Waals surface area contributed by atoms with Gasteiger partial charge in [-0.2, -0.15) is 18.4 Å². The molecule has 1 aliphatic heterocycles. The molecule has 1 unspecified atom stereocenters. The summed E-state index contributed by atoms with van der Waals surface area (Å²) < 4.78 is 43.4. The molecule has 1 fully saturated rings. The topological polar surface area (TPSA) is 111 Å². The molecule has 1 aliphatic rings. The van der Waals surface area contributed by atoms with Crippen LogP contribution in [0.25, 0.3) is 11.1 Å². The van der Waals surface area contributed by atoms with E-state index in [-0.39, 0.29) is 32.6 Å². The third kappa shape index (κ3) is 5.81. The number of hydrogen-bond acceptors (Lipinski definition) is 4. The molecule has 7 nitrogen and oxygen atoms in total. The Balaban J connectivity index is 1.68. The molecule has 0 bridgehead atoms. The predicted molar refractivity (Wildman–Crippen MR) is 112 cm³/mol. The van der Waals surface area contributed by atoms with Crippen LogP contribution in [0.1, 0.15) is 29.9 Å². The summed E-state index contributed by atoms with van der Waals surface area (Å²) in [7, 11) is 0. The van der Waals surface area contributed by atoms with Gasteiger partial charge in [-0.05, 0) is 28.8 Å².